The zero-order valence-electron chi connectivity index (χ0n) is 6.29. The average molecular weight is 223 g/mol. The number of rotatable bonds is 0. The van der Waals surface area contributed by atoms with Gasteiger partial charge < -0.3 is 5.32 Å². The lowest BCUT2D eigenvalue weighted by Gasteiger charge is -2.04. The Balaban J connectivity index is 2.49. The van der Waals surface area contributed by atoms with Gasteiger partial charge in [-0.25, -0.2) is 0 Å². The molecule has 1 aromatic rings. The quantitative estimate of drug-likeness (QED) is 0.672. The lowest BCUT2D eigenvalue weighted by Crippen LogP contribution is -1.94. The number of nitrogens with zero attached hydrogens (tertiary/aromatic N) is 1. The second-order valence-electron chi connectivity index (χ2n) is 2.47. The van der Waals surface area contributed by atoms with Crippen LogP contribution in [0.25, 0.3) is 0 Å². The smallest absolute Gasteiger partial charge is 0.101 e. The Bertz CT molecular complexity index is 355. The fourth-order valence-corrected chi connectivity index (χ4v) is 1.40. The van der Waals surface area contributed by atoms with Gasteiger partial charge in [0.15, 0.2) is 0 Å². The van der Waals surface area contributed by atoms with Crippen molar-refractivity contribution >= 4 is 27.8 Å². The third-order valence-electron chi connectivity index (χ3n) is 1.62. The van der Waals surface area contributed by atoms with Crippen LogP contribution in [0, 0.1) is 0 Å². The number of nitrogens with one attached hydrogen (secondary N) is 1. The molecule has 12 heavy (non-hydrogen) atoms. The van der Waals surface area contributed by atoms with Gasteiger partial charge in [-0.1, -0.05) is 18.2 Å². The molecule has 0 aromatic heterocycles. The summed E-state index contributed by atoms with van der Waals surface area (Å²) in [6.45, 7) is 0. The molecule has 0 aliphatic carbocycles. The molecule has 0 unspecified atom stereocenters. The highest BCUT2D eigenvalue weighted by molar-refractivity contribution is 9.11. The Hall–Kier alpha value is -1.09. The molecular formula is C9H7BrN2. The van der Waals surface area contributed by atoms with E-state index in [0.29, 0.717) is 0 Å². The number of aliphatic imine (C=N–C) groups is 1. The Morgan fingerprint density at radius 3 is 3.00 bits per heavy atom. The predicted molar refractivity (Wildman–Crippen MR) is 54.7 cm³/mol. The van der Waals surface area contributed by atoms with Crippen LogP contribution < -0.4 is 5.32 Å². The SMILES string of the molecule is BrC1=CN=Cc2ccccc2N1. The molecule has 0 bridgehead atoms. The summed E-state index contributed by atoms with van der Waals surface area (Å²) < 4.78 is 0.878. The maximum absolute atomic E-state index is 4.10. The van der Waals surface area contributed by atoms with Crippen LogP contribution in [0.15, 0.2) is 40.1 Å². The van der Waals surface area contributed by atoms with Gasteiger partial charge in [0.25, 0.3) is 0 Å². The highest BCUT2D eigenvalue weighted by Crippen LogP contribution is 2.19. The van der Waals surface area contributed by atoms with Gasteiger partial charge in [-0.05, 0) is 22.0 Å². The van der Waals surface area contributed by atoms with Crippen LogP contribution in [0.5, 0.6) is 0 Å². The van der Waals surface area contributed by atoms with Gasteiger partial charge in [0.1, 0.15) is 4.61 Å². The van der Waals surface area contributed by atoms with Gasteiger partial charge in [-0.2, -0.15) is 0 Å². The first-order valence-corrected chi connectivity index (χ1v) is 4.40. The van der Waals surface area contributed by atoms with Crippen molar-refractivity contribution in [3.63, 3.8) is 0 Å². The summed E-state index contributed by atoms with van der Waals surface area (Å²) in [5.41, 5.74) is 2.17. The van der Waals surface area contributed by atoms with Crippen molar-refractivity contribution < 1.29 is 0 Å². The molecule has 2 rings (SSSR count). The van der Waals surface area contributed by atoms with E-state index in [9.17, 15) is 0 Å². The number of anilines is 1. The van der Waals surface area contributed by atoms with Crippen molar-refractivity contribution in [2.45, 2.75) is 0 Å². The van der Waals surface area contributed by atoms with Crippen molar-refractivity contribution in [2.75, 3.05) is 5.32 Å². The van der Waals surface area contributed by atoms with E-state index in [4.69, 9.17) is 0 Å². The van der Waals surface area contributed by atoms with E-state index in [1.165, 1.54) is 0 Å². The third-order valence-corrected chi connectivity index (χ3v) is 2.02. The van der Waals surface area contributed by atoms with E-state index >= 15 is 0 Å². The van der Waals surface area contributed by atoms with Crippen molar-refractivity contribution in [1.29, 1.82) is 0 Å². The monoisotopic (exact) mass is 222 g/mol. The zero-order chi connectivity index (χ0) is 8.39. The molecule has 2 nitrogen and oxygen atoms in total. The second kappa shape index (κ2) is 3.11. The summed E-state index contributed by atoms with van der Waals surface area (Å²) in [4.78, 5) is 4.10. The van der Waals surface area contributed by atoms with Crippen LogP contribution in [-0.2, 0) is 0 Å². The van der Waals surface area contributed by atoms with Crippen LogP contribution >= 0.6 is 15.9 Å². The van der Waals surface area contributed by atoms with Crippen LogP contribution in [0.4, 0.5) is 5.69 Å². The first-order chi connectivity index (χ1) is 5.86. The molecule has 60 valence electrons. The molecule has 3 heteroatoms. The number of hydrogen-bond acceptors (Lipinski definition) is 2. The van der Waals surface area contributed by atoms with Crippen molar-refractivity contribution in [1.82, 2.24) is 0 Å². The van der Waals surface area contributed by atoms with Crippen LogP contribution in [0.1, 0.15) is 5.56 Å². The number of benzene rings is 1. The maximum atomic E-state index is 4.10. The molecule has 0 fully saturated rings. The van der Waals surface area contributed by atoms with Crippen molar-refractivity contribution in [3.05, 3.63) is 40.6 Å². The Morgan fingerprint density at radius 1 is 1.25 bits per heavy atom. The van der Waals surface area contributed by atoms with Crippen LogP contribution in [-0.4, -0.2) is 6.21 Å². The summed E-state index contributed by atoms with van der Waals surface area (Å²) in [5.74, 6) is 0. The van der Waals surface area contributed by atoms with E-state index in [2.05, 4.69) is 26.2 Å². The normalized spacial score (nSPS) is 14.2. The second-order valence-corrected chi connectivity index (χ2v) is 3.32. The lowest BCUT2D eigenvalue weighted by molar-refractivity contribution is 1.53. The molecule has 0 saturated heterocycles. The number of para-hydroxylation sites is 1. The molecule has 0 atom stereocenters. The molecule has 0 saturated carbocycles. The van der Waals surface area contributed by atoms with Gasteiger partial charge in [0.05, 0.1) is 6.20 Å². The number of hydrogen-bond donors (Lipinski definition) is 1. The lowest BCUT2D eigenvalue weighted by atomic mass is 10.2. The topological polar surface area (TPSA) is 24.4 Å². The van der Waals surface area contributed by atoms with Crippen LogP contribution in [0.2, 0.25) is 0 Å². The molecule has 1 aromatic carbocycles. The minimum Gasteiger partial charge on any atom is -0.348 e. The average Bonchev–Trinajstić information content (AvgIpc) is 2.25. The molecule has 1 aliphatic heterocycles. The first-order valence-electron chi connectivity index (χ1n) is 3.61. The van der Waals surface area contributed by atoms with Gasteiger partial charge in [-0.15, -0.1) is 0 Å². The van der Waals surface area contributed by atoms with E-state index < -0.39 is 0 Å². The van der Waals surface area contributed by atoms with Crippen molar-refractivity contribution in [2.24, 2.45) is 4.99 Å². The fraction of sp³-hybridized carbons (Fsp3) is 0. The molecule has 0 amide bonds. The molecule has 0 radical (unpaired) electrons. The van der Waals surface area contributed by atoms with Gasteiger partial charge in [-0.3, -0.25) is 4.99 Å². The van der Waals surface area contributed by atoms with Gasteiger partial charge >= 0.3 is 0 Å². The molecule has 1 heterocycles. The summed E-state index contributed by atoms with van der Waals surface area (Å²) >= 11 is 3.34. The molecule has 1 aliphatic rings. The van der Waals surface area contributed by atoms with Gasteiger partial charge in [0.2, 0.25) is 0 Å². The molecule has 0 spiro atoms. The van der Waals surface area contributed by atoms with Crippen LogP contribution in [0.3, 0.4) is 0 Å². The highest BCUT2D eigenvalue weighted by atomic mass is 79.9. The summed E-state index contributed by atoms with van der Waals surface area (Å²) in [6.07, 6.45) is 3.57. The van der Waals surface area contributed by atoms with E-state index in [1.54, 1.807) is 6.20 Å². The minimum atomic E-state index is 0.878. The predicted octanol–water partition coefficient (Wildman–Crippen LogP) is 2.72. The Kier molecular flexibility index (Phi) is 1.96. The summed E-state index contributed by atoms with van der Waals surface area (Å²) in [5, 5.41) is 3.18. The third kappa shape index (κ3) is 1.41. The summed E-state index contributed by atoms with van der Waals surface area (Å²) in [6, 6.07) is 8.02. The largest absolute Gasteiger partial charge is 0.348 e. The Labute approximate surface area is 79.1 Å². The first kappa shape index (κ1) is 7.55. The fourth-order valence-electron chi connectivity index (χ4n) is 1.07. The highest BCUT2D eigenvalue weighted by Gasteiger charge is 2.01. The minimum absolute atomic E-state index is 0.878. The summed E-state index contributed by atoms with van der Waals surface area (Å²) in [7, 11) is 0. The molecular weight excluding hydrogens is 216 g/mol. The molecule has 1 N–H and O–H groups in total. The van der Waals surface area contributed by atoms with E-state index in [0.717, 1.165) is 15.9 Å². The van der Waals surface area contributed by atoms with Gasteiger partial charge in [0, 0.05) is 17.5 Å². The zero-order valence-corrected chi connectivity index (χ0v) is 7.88. The van der Waals surface area contributed by atoms with E-state index in [1.807, 2.05) is 30.5 Å². The Morgan fingerprint density at radius 2 is 2.08 bits per heavy atom. The maximum Gasteiger partial charge on any atom is 0.101 e. The number of fused-ring (bicyclic) bond motifs is 1. The van der Waals surface area contributed by atoms with Crippen molar-refractivity contribution in [3.8, 4) is 0 Å². The van der Waals surface area contributed by atoms with E-state index in [-0.39, 0.29) is 0 Å². The standard InChI is InChI=1S/C9H7BrN2/c10-9-6-11-5-7-3-1-2-4-8(7)12-9/h1-6,12H. The number of halogens is 1.